The van der Waals surface area contributed by atoms with Crippen molar-refractivity contribution in [3.05, 3.63) is 82.4 Å². The molecule has 2 aliphatic heterocycles. The van der Waals surface area contributed by atoms with Crippen LogP contribution in [0.5, 0.6) is 11.5 Å². The molecule has 2 aliphatic rings. The maximum atomic E-state index is 13.0. The van der Waals surface area contributed by atoms with Gasteiger partial charge in [-0.2, -0.15) is 0 Å². The minimum atomic E-state index is 0.0773. The van der Waals surface area contributed by atoms with Crippen molar-refractivity contribution in [3.63, 3.8) is 0 Å². The summed E-state index contributed by atoms with van der Waals surface area (Å²) in [7, 11) is 3.38. The van der Waals surface area contributed by atoms with Crippen LogP contribution >= 0.6 is 23.4 Å². The number of amides is 1. The number of anilines is 1. The van der Waals surface area contributed by atoms with Crippen LogP contribution in [-0.2, 0) is 24.3 Å². The van der Waals surface area contributed by atoms with Gasteiger partial charge in [-0.25, -0.2) is 0 Å². The molecule has 0 spiro atoms. The Labute approximate surface area is 253 Å². The minimum Gasteiger partial charge on any atom is -0.493 e. The quantitative estimate of drug-likeness (QED) is 0.263. The molecule has 1 amide bonds. The van der Waals surface area contributed by atoms with Gasteiger partial charge in [0.1, 0.15) is 0 Å². The number of nitrogens with one attached hydrogen (secondary N) is 1. The van der Waals surface area contributed by atoms with E-state index in [9.17, 15) is 4.79 Å². The Balaban J connectivity index is 1.28. The fraction of sp³-hybridized carbons (Fsp3) is 0.424. The molecular formula is C33H40ClN3O3S. The van der Waals surface area contributed by atoms with Crippen molar-refractivity contribution in [1.29, 1.82) is 0 Å². The number of benzene rings is 3. The zero-order valence-corrected chi connectivity index (χ0v) is 25.8. The summed E-state index contributed by atoms with van der Waals surface area (Å²) in [5.41, 5.74) is 4.72. The van der Waals surface area contributed by atoms with E-state index in [4.69, 9.17) is 21.1 Å². The van der Waals surface area contributed by atoms with Gasteiger partial charge in [0, 0.05) is 54.2 Å². The molecule has 8 heteroatoms. The van der Waals surface area contributed by atoms with Crippen molar-refractivity contribution in [2.24, 2.45) is 5.92 Å². The molecule has 41 heavy (non-hydrogen) atoms. The lowest BCUT2D eigenvalue weighted by Gasteiger charge is -2.45. The van der Waals surface area contributed by atoms with Crippen LogP contribution in [0, 0.1) is 5.92 Å². The van der Waals surface area contributed by atoms with Gasteiger partial charge in [-0.05, 0) is 103 Å². The number of fused-ring (bicyclic) bond motifs is 1. The highest BCUT2D eigenvalue weighted by Gasteiger charge is 2.35. The number of carbonyl (C=O) groups is 1. The van der Waals surface area contributed by atoms with E-state index in [1.165, 1.54) is 21.6 Å². The number of likely N-dealkylation sites (tertiary alicyclic amines) is 1. The van der Waals surface area contributed by atoms with E-state index in [-0.39, 0.29) is 5.91 Å². The van der Waals surface area contributed by atoms with E-state index >= 15 is 0 Å². The predicted molar refractivity (Wildman–Crippen MR) is 168 cm³/mol. The average molecular weight is 594 g/mol. The molecule has 218 valence electrons. The zero-order valence-electron chi connectivity index (χ0n) is 24.2. The largest absolute Gasteiger partial charge is 0.493 e. The minimum absolute atomic E-state index is 0.0773. The van der Waals surface area contributed by atoms with E-state index in [0.717, 1.165) is 74.2 Å². The van der Waals surface area contributed by atoms with E-state index < -0.39 is 0 Å². The maximum absolute atomic E-state index is 13.0. The zero-order chi connectivity index (χ0) is 28.8. The highest BCUT2D eigenvalue weighted by Crippen LogP contribution is 2.36. The smallest absolute Gasteiger partial charge is 0.224 e. The van der Waals surface area contributed by atoms with Gasteiger partial charge in [0.25, 0.3) is 0 Å². The lowest BCUT2D eigenvalue weighted by molar-refractivity contribution is -0.116. The first kappa shape index (κ1) is 29.8. The molecule has 1 saturated heterocycles. The van der Waals surface area contributed by atoms with Crippen molar-refractivity contribution in [1.82, 2.24) is 9.80 Å². The van der Waals surface area contributed by atoms with Crippen LogP contribution in [0.3, 0.4) is 0 Å². The second-order valence-electron chi connectivity index (χ2n) is 11.0. The Bertz CT molecular complexity index is 1340. The molecule has 2 heterocycles. The number of hydrogen-bond acceptors (Lipinski definition) is 6. The molecule has 0 bridgehead atoms. The van der Waals surface area contributed by atoms with Crippen molar-refractivity contribution in [2.75, 3.05) is 45.4 Å². The summed E-state index contributed by atoms with van der Waals surface area (Å²) in [4.78, 5) is 19.4. The fourth-order valence-corrected chi connectivity index (χ4v) is 6.92. The van der Waals surface area contributed by atoms with Crippen LogP contribution in [-0.4, -0.2) is 61.9 Å². The van der Waals surface area contributed by atoms with Crippen molar-refractivity contribution >= 4 is 35.0 Å². The van der Waals surface area contributed by atoms with Crippen molar-refractivity contribution in [2.45, 2.75) is 49.7 Å². The van der Waals surface area contributed by atoms with Crippen LogP contribution in [0.1, 0.15) is 36.0 Å². The molecule has 0 aromatic heterocycles. The van der Waals surface area contributed by atoms with Gasteiger partial charge < -0.3 is 14.8 Å². The SMILES string of the molecule is COc1cc2c(cc1OC)CN([C@@H]1CCN(Cc3cccc(Cl)c3)C[C@@H]1CCC(=O)Nc1ccc(SC)cc1)CC2. The number of hydrogen-bond donors (Lipinski definition) is 1. The number of carbonyl (C=O) groups excluding carboxylic acids is 1. The molecule has 2 atom stereocenters. The third-order valence-corrected chi connectivity index (χ3v) is 9.38. The highest BCUT2D eigenvalue weighted by molar-refractivity contribution is 7.98. The second kappa shape index (κ2) is 14.0. The molecule has 1 fully saturated rings. The van der Waals surface area contributed by atoms with Gasteiger partial charge in [0.15, 0.2) is 11.5 Å². The molecule has 3 aromatic rings. The Morgan fingerprint density at radius 1 is 1.02 bits per heavy atom. The molecule has 0 radical (unpaired) electrons. The van der Waals surface area contributed by atoms with Gasteiger partial charge in [0.2, 0.25) is 5.91 Å². The molecule has 3 aromatic carbocycles. The van der Waals surface area contributed by atoms with Crippen LogP contribution < -0.4 is 14.8 Å². The fourth-order valence-electron chi connectivity index (χ4n) is 6.30. The van der Waals surface area contributed by atoms with Crippen LogP contribution in [0.15, 0.2) is 65.6 Å². The summed E-state index contributed by atoms with van der Waals surface area (Å²) < 4.78 is 11.2. The predicted octanol–water partition coefficient (Wildman–Crippen LogP) is 6.75. The van der Waals surface area contributed by atoms with Gasteiger partial charge in [-0.1, -0.05) is 23.7 Å². The number of methoxy groups -OCH3 is 2. The Morgan fingerprint density at radius 2 is 1.78 bits per heavy atom. The molecule has 0 aliphatic carbocycles. The van der Waals surface area contributed by atoms with Crippen LogP contribution in [0.25, 0.3) is 0 Å². The maximum Gasteiger partial charge on any atom is 0.224 e. The first-order chi connectivity index (χ1) is 19.9. The number of halogens is 1. The van der Waals surface area contributed by atoms with Gasteiger partial charge in [-0.15, -0.1) is 11.8 Å². The topological polar surface area (TPSA) is 54.0 Å². The van der Waals surface area contributed by atoms with Gasteiger partial charge >= 0.3 is 0 Å². The summed E-state index contributed by atoms with van der Waals surface area (Å²) in [6, 6.07) is 20.9. The standard InChI is InChI=1S/C33H40ClN3O3S/c1-39-31-18-24-13-16-37(22-26(24)19-32(31)40-2)30-14-15-36(20-23-5-4-6-27(34)17-23)21-25(30)7-12-33(38)35-28-8-10-29(41-3)11-9-28/h4-6,8-11,17-19,25,30H,7,12-16,20-22H2,1-3H3,(H,35,38)/t25-,30+/m0/s1. The first-order valence-electron chi connectivity index (χ1n) is 14.3. The lowest BCUT2D eigenvalue weighted by atomic mass is 9.85. The summed E-state index contributed by atoms with van der Waals surface area (Å²) in [6.07, 6.45) is 5.47. The van der Waals surface area contributed by atoms with E-state index in [1.54, 1.807) is 26.0 Å². The number of piperidine rings is 1. The number of nitrogens with zero attached hydrogens (tertiary/aromatic N) is 2. The molecule has 5 rings (SSSR count). The average Bonchev–Trinajstić information content (AvgIpc) is 2.99. The Hall–Kier alpha value is -2.71. The van der Waals surface area contributed by atoms with E-state index in [2.05, 4.69) is 45.6 Å². The Morgan fingerprint density at radius 3 is 2.49 bits per heavy atom. The molecule has 1 N–H and O–H groups in total. The summed E-state index contributed by atoms with van der Waals surface area (Å²) in [5, 5.41) is 3.88. The Kier molecular flexibility index (Phi) is 10.1. The third kappa shape index (κ3) is 7.58. The number of thioether (sulfide) groups is 1. The van der Waals surface area contributed by atoms with Crippen molar-refractivity contribution in [3.8, 4) is 11.5 Å². The first-order valence-corrected chi connectivity index (χ1v) is 15.9. The van der Waals surface area contributed by atoms with E-state index in [0.29, 0.717) is 18.4 Å². The summed E-state index contributed by atoms with van der Waals surface area (Å²) >= 11 is 7.98. The van der Waals surface area contributed by atoms with Crippen molar-refractivity contribution < 1.29 is 14.3 Å². The van der Waals surface area contributed by atoms with E-state index in [1.807, 2.05) is 36.4 Å². The number of ether oxygens (including phenoxy) is 2. The third-order valence-electron chi connectivity index (χ3n) is 8.41. The normalized spacial score (nSPS) is 19.4. The van der Waals surface area contributed by atoms with Crippen LogP contribution in [0.2, 0.25) is 5.02 Å². The monoisotopic (exact) mass is 593 g/mol. The number of rotatable bonds is 10. The molecule has 0 saturated carbocycles. The highest BCUT2D eigenvalue weighted by atomic mass is 35.5. The second-order valence-corrected chi connectivity index (χ2v) is 12.3. The van der Waals surface area contributed by atoms with Crippen LogP contribution in [0.4, 0.5) is 5.69 Å². The van der Waals surface area contributed by atoms with Gasteiger partial charge in [0.05, 0.1) is 14.2 Å². The lowest BCUT2D eigenvalue weighted by Crippen LogP contribution is -2.52. The summed E-state index contributed by atoms with van der Waals surface area (Å²) in [6.45, 7) is 4.75. The molecule has 6 nitrogen and oxygen atoms in total. The van der Waals surface area contributed by atoms with Gasteiger partial charge in [-0.3, -0.25) is 14.6 Å². The molecular weight excluding hydrogens is 554 g/mol. The summed E-state index contributed by atoms with van der Waals surface area (Å²) in [5.74, 6) is 2.03. The molecule has 0 unspecified atom stereocenters.